The summed E-state index contributed by atoms with van der Waals surface area (Å²) in [5.41, 5.74) is -0.894. The third kappa shape index (κ3) is 7.31. The number of carbonyl (C=O) groups is 1. The number of thiazole rings is 1. The van der Waals surface area contributed by atoms with Crippen molar-refractivity contribution in [3.8, 4) is 0 Å². The van der Waals surface area contributed by atoms with Gasteiger partial charge in [0, 0.05) is 31.9 Å². The molecule has 0 atom stereocenters. The molecule has 0 aliphatic heterocycles. The summed E-state index contributed by atoms with van der Waals surface area (Å²) in [6.45, 7) is 3.11. The lowest BCUT2D eigenvalue weighted by atomic mass is 10.4. The number of nitrogens with one attached hydrogen (secondary N) is 3. The molecule has 0 bridgehead atoms. The molecule has 10 heteroatoms. The van der Waals surface area contributed by atoms with Crippen LogP contribution in [0.25, 0.3) is 0 Å². The quantitative estimate of drug-likeness (QED) is 0.517. The molecule has 6 nitrogen and oxygen atoms in total. The van der Waals surface area contributed by atoms with Crippen molar-refractivity contribution >= 4 is 23.2 Å². The van der Waals surface area contributed by atoms with Gasteiger partial charge < -0.3 is 16.0 Å². The zero-order chi connectivity index (χ0) is 17.3. The summed E-state index contributed by atoms with van der Waals surface area (Å²) in [5.74, 6) is 0.335. The van der Waals surface area contributed by atoms with Crippen molar-refractivity contribution < 1.29 is 18.0 Å². The Kier molecular flexibility index (Phi) is 7.79. The number of amides is 1. The Bertz CT molecular complexity index is 530. The number of nitrogens with zero attached hydrogens (tertiary/aromatic N) is 2. The van der Waals surface area contributed by atoms with Crippen molar-refractivity contribution in [1.82, 2.24) is 20.9 Å². The maximum Gasteiger partial charge on any atom is 0.434 e. The molecule has 1 aromatic rings. The Morgan fingerprint density at radius 3 is 2.61 bits per heavy atom. The number of hydrogen-bond donors (Lipinski definition) is 3. The van der Waals surface area contributed by atoms with Crippen LogP contribution in [0.5, 0.6) is 0 Å². The summed E-state index contributed by atoms with van der Waals surface area (Å²) in [6.07, 6.45) is -3.27. The normalized spacial score (nSPS) is 12.1. The molecule has 1 rings (SSSR count). The molecule has 130 valence electrons. The first-order valence-corrected chi connectivity index (χ1v) is 7.97. The monoisotopic (exact) mass is 351 g/mol. The van der Waals surface area contributed by atoms with Crippen LogP contribution in [0.15, 0.2) is 10.4 Å². The van der Waals surface area contributed by atoms with Crippen molar-refractivity contribution in [2.75, 3.05) is 20.1 Å². The third-order valence-electron chi connectivity index (χ3n) is 2.69. The Labute approximate surface area is 136 Å². The van der Waals surface area contributed by atoms with E-state index in [2.05, 4.69) is 25.9 Å². The van der Waals surface area contributed by atoms with E-state index < -0.39 is 11.9 Å². The summed E-state index contributed by atoms with van der Waals surface area (Å²) < 4.78 is 37.3. The van der Waals surface area contributed by atoms with Crippen molar-refractivity contribution in [1.29, 1.82) is 0 Å². The van der Waals surface area contributed by atoms with Crippen LogP contribution in [-0.4, -0.2) is 37.0 Å². The second-order valence-electron chi connectivity index (χ2n) is 4.58. The highest BCUT2D eigenvalue weighted by molar-refractivity contribution is 7.09. The number of carbonyl (C=O) groups excluding carboxylic acids is 1. The predicted octanol–water partition coefficient (Wildman–Crippen LogP) is 1.74. The standard InChI is InChI=1S/C13H20F3N5OS/c1-3-5-18-10(22)4-6-19-12(17-2)20-7-11-21-9(8-23-11)13(14,15)16/h8H,3-7H2,1-2H3,(H,18,22)(H2,17,19,20). The second kappa shape index (κ2) is 9.33. The fraction of sp³-hybridized carbons (Fsp3) is 0.615. The first-order valence-electron chi connectivity index (χ1n) is 7.09. The van der Waals surface area contributed by atoms with E-state index in [0.717, 1.165) is 23.1 Å². The number of aliphatic imine (C=N–C) groups is 1. The summed E-state index contributed by atoms with van der Waals surface area (Å²) in [7, 11) is 1.54. The van der Waals surface area contributed by atoms with Gasteiger partial charge in [0.2, 0.25) is 5.91 Å². The van der Waals surface area contributed by atoms with Crippen LogP contribution in [0.2, 0.25) is 0 Å². The van der Waals surface area contributed by atoms with Gasteiger partial charge in [-0.2, -0.15) is 13.2 Å². The Balaban J connectivity index is 2.34. The smallest absolute Gasteiger partial charge is 0.356 e. The summed E-state index contributed by atoms with van der Waals surface area (Å²) in [5, 5.41) is 9.80. The highest BCUT2D eigenvalue weighted by atomic mass is 32.1. The Morgan fingerprint density at radius 2 is 2.04 bits per heavy atom. The van der Waals surface area contributed by atoms with Gasteiger partial charge in [0.1, 0.15) is 5.01 Å². The van der Waals surface area contributed by atoms with Gasteiger partial charge in [0.25, 0.3) is 0 Å². The molecule has 1 heterocycles. The molecule has 0 aromatic carbocycles. The lowest BCUT2D eigenvalue weighted by Crippen LogP contribution is -2.39. The van der Waals surface area contributed by atoms with Crippen LogP contribution in [0.3, 0.4) is 0 Å². The molecule has 0 fully saturated rings. The third-order valence-corrected chi connectivity index (χ3v) is 3.54. The SMILES string of the molecule is CCCNC(=O)CCNC(=NC)NCc1nc(C(F)(F)F)cs1. The van der Waals surface area contributed by atoms with Gasteiger partial charge in [-0.1, -0.05) is 6.92 Å². The molecule has 0 saturated carbocycles. The Morgan fingerprint density at radius 1 is 1.30 bits per heavy atom. The number of alkyl halides is 3. The minimum Gasteiger partial charge on any atom is -0.356 e. The van der Waals surface area contributed by atoms with E-state index in [1.807, 2.05) is 6.92 Å². The second-order valence-corrected chi connectivity index (χ2v) is 5.52. The van der Waals surface area contributed by atoms with E-state index >= 15 is 0 Å². The Hall–Kier alpha value is -1.84. The van der Waals surface area contributed by atoms with Gasteiger partial charge in [0.15, 0.2) is 11.7 Å². The molecule has 1 aromatic heterocycles. The van der Waals surface area contributed by atoms with Crippen LogP contribution in [0, 0.1) is 0 Å². The zero-order valence-electron chi connectivity index (χ0n) is 13.0. The van der Waals surface area contributed by atoms with Gasteiger partial charge in [-0.25, -0.2) is 4.98 Å². The largest absolute Gasteiger partial charge is 0.434 e. The number of halogens is 3. The van der Waals surface area contributed by atoms with Gasteiger partial charge in [-0.15, -0.1) is 11.3 Å². The van der Waals surface area contributed by atoms with Gasteiger partial charge in [0.05, 0.1) is 6.54 Å². The van der Waals surface area contributed by atoms with Crippen LogP contribution in [0.1, 0.15) is 30.5 Å². The summed E-state index contributed by atoms with van der Waals surface area (Å²) in [4.78, 5) is 18.9. The van der Waals surface area contributed by atoms with E-state index in [4.69, 9.17) is 0 Å². The van der Waals surface area contributed by atoms with Crippen molar-refractivity contribution in [2.24, 2.45) is 4.99 Å². The lowest BCUT2D eigenvalue weighted by Gasteiger charge is -2.10. The number of guanidine groups is 1. The highest BCUT2D eigenvalue weighted by Crippen LogP contribution is 2.29. The predicted molar refractivity (Wildman–Crippen MR) is 83.2 cm³/mol. The van der Waals surface area contributed by atoms with Crippen LogP contribution in [-0.2, 0) is 17.5 Å². The number of aromatic nitrogens is 1. The fourth-order valence-electron chi connectivity index (χ4n) is 1.55. The van der Waals surface area contributed by atoms with Crippen LogP contribution in [0.4, 0.5) is 13.2 Å². The van der Waals surface area contributed by atoms with E-state index in [-0.39, 0.29) is 18.9 Å². The molecule has 0 aliphatic rings. The molecule has 0 unspecified atom stereocenters. The topological polar surface area (TPSA) is 78.4 Å². The van der Waals surface area contributed by atoms with E-state index in [1.54, 1.807) is 0 Å². The molecule has 3 N–H and O–H groups in total. The van der Waals surface area contributed by atoms with Crippen molar-refractivity contribution in [2.45, 2.75) is 32.5 Å². The maximum atomic E-state index is 12.4. The average molecular weight is 351 g/mol. The van der Waals surface area contributed by atoms with Crippen LogP contribution >= 0.6 is 11.3 Å². The van der Waals surface area contributed by atoms with Gasteiger partial charge >= 0.3 is 6.18 Å². The molecule has 0 spiro atoms. The zero-order valence-corrected chi connectivity index (χ0v) is 13.8. The lowest BCUT2D eigenvalue weighted by molar-refractivity contribution is -0.140. The minimum atomic E-state index is -4.43. The highest BCUT2D eigenvalue weighted by Gasteiger charge is 2.33. The molecule has 1 amide bonds. The minimum absolute atomic E-state index is 0.0652. The first kappa shape index (κ1) is 19.2. The molecule has 0 radical (unpaired) electrons. The van der Waals surface area contributed by atoms with Gasteiger partial charge in [-0.3, -0.25) is 9.79 Å². The molecular weight excluding hydrogens is 331 g/mol. The van der Waals surface area contributed by atoms with Gasteiger partial charge in [-0.05, 0) is 6.42 Å². The molecule has 23 heavy (non-hydrogen) atoms. The van der Waals surface area contributed by atoms with Crippen molar-refractivity contribution in [3.05, 3.63) is 16.1 Å². The summed E-state index contributed by atoms with van der Waals surface area (Å²) >= 11 is 0.926. The number of rotatable bonds is 7. The van der Waals surface area contributed by atoms with E-state index in [9.17, 15) is 18.0 Å². The average Bonchev–Trinajstić information content (AvgIpc) is 2.97. The van der Waals surface area contributed by atoms with E-state index in [1.165, 1.54) is 7.05 Å². The molecular formula is C13H20F3N5OS. The number of hydrogen-bond acceptors (Lipinski definition) is 4. The van der Waals surface area contributed by atoms with Crippen LogP contribution < -0.4 is 16.0 Å². The first-order chi connectivity index (χ1) is 10.9. The van der Waals surface area contributed by atoms with Crippen molar-refractivity contribution in [3.63, 3.8) is 0 Å². The molecule has 0 saturated heterocycles. The molecule has 0 aliphatic carbocycles. The van der Waals surface area contributed by atoms with E-state index in [0.29, 0.717) is 24.1 Å². The summed E-state index contributed by atoms with van der Waals surface area (Å²) in [6, 6.07) is 0. The fourth-order valence-corrected chi connectivity index (χ4v) is 2.29. The maximum absolute atomic E-state index is 12.4.